The molecule has 7 rings (SSSR count). The van der Waals surface area contributed by atoms with Gasteiger partial charge in [0.2, 0.25) is 0 Å². The zero-order chi connectivity index (χ0) is 34.8. The molecule has 0 aliphatic heterocycles. The van der Waals surface area contributed by atoms with Crippen LogP contribution in [0.4, 0.5) is 30.7 Å². The summed E-state index contributed by atoms with van der Waals surface area (Å²) in [6.45, 7) is 0. The van der Waals surface area contributed by atoms with E-state index in [1.54, 1.807) is 67.0 Å². The van der Waals surface area contributed by atoms with Gasteiger partial charge in [0.05, 0.1) is 5.82 Å². The molecule has 1 radical (unpaired) electrons. The second-order valence-corrected chi connectivity index (χ2v) is 9.68. The van der Waals surface area contributed by atoms with Crippen LogP contribution >= 0.6 is 0 Å². The topological polar surface area (TPSA) is 78.5 Å². The van der Waals surface area contributed by atoms with Crippen molar-refractivity contribution in [1.82, 2.24) is 30.1 Å². The van der Waals surface area contributed by atoms with Gasteiger partial charge in [-0.2, -0.15) is 18.7 Å². The average molecular weight is 861 g/mol. The minimum Gasteiger partial charge on any atom is -0.466 e. The molecule has 0 atom stereocenters. The van der Waals surface area contributed by atoms with Gasteiger partial charge in [-0.25, -0.2) is 0 Å². The summed E-state index contributed by atoms with van der Waals surface area (Å²) in [6.07, 6.45) is -0.288. The van der Waals surface area contributed by atoms with Crippen molar-refractivity contribution in [3.63, 3.8) is 0 Å². The first kappa shape index (κ1) is 37.2. The number of rotatable bonds is 4. The van der Waals surface area contributed by atoms with Crippen molar-refractivity contribution in [2.75, 3.05) is 0 Å². The van der Waals surface area contributed by atoms with Gasteiger partial charge in [-0.05, 0) is 35.7 Å². The van der Waals surface area contributed by atoms with Crippen molar-refractivity contribution in [3.8, 4) is 45.3 Å². The molecule has 0 bridgehead atoms. The number of hydrogen-bond donors (Lipinski definition) is 0. The molecule has 0 amide bonds. The number of nitrogens with zero attached hydrogens (tertiary/aromatic N) is 6. The van der Waals surface area contributed by atoms with Crippen molar-refractivity contribution in [2.45, 2.75) is 6.18 Å². The Morgan fingerprint density at radius 2 is 1.22 bits per heavy atom. The van der Waals surface area contributed by atoms with Gasteiger partial charge in [-0.15, -0.1) is 60.4 Å². The van der Waals surface area contributed by atoms with E-state index in [0.29, 0.717) is 28.3 Å². The van der Waals surface area contributed by atoms with Crippen molar-refractivity contribution < 1.29 is 50.8 Å². The van der Waals surface area contributed by atoms with Crippen LogP contribution in [0.25, 0.3) is 45.3 Å². The first-order chi connectivity index (χ1) is 23.6. The SMILES string of the molecule is FC(F)(F)c1ccc(-c2n[n-]c(-c3[c-]cccc3)n2)cn1.Fc1c[c-]c(-c2ccccn2)c(F)c1.Fc1c[c-]c(-c2ccccn2)c(F)c1.[Ir]. The third-order valence-electron chi connectivity index (χ3n) is 6.27. The van der Waals surface area contributed by atoms with E-state index in [2.05, 4.69) is 48.3 Å². The molecule has 6 nitrogen and oxygen atoms in total. The fraction of sp³-hybridized carbons (Fsp3) is 0.0278. The molecule has 4 heterocycles. The van der Waals surface area contributed by atoms with Gasteiger partial charge in [-0.1, -0.05) is 47.5 Å². The second kappa shape index (κ2) is 17.2. The molecule has 0 spiro atoms. The number of benzene rings is 3. The summed E-state index contributed by atoms with van der Waals surface area (Å²) >= 11 is 0. The molecule has 255 valence electrons. The fourth-order valence-corrected chi connectivity index (χ4v) is 4.01. The number of halogens is 7. The molecule has 14 heteroatoms. The van der Waals surface area contributed by atoms with Gasteiger partial charge in [0, 0.05) is 67.5 Å². The molecular formula is C36H19F7IrN6-4. The molecule has 0 N–H and O–H groups in total. The number of aromatic nitrogens is 6. The summed E-state index contributed by atoms with van der Waals surface area (Å²) in [5.74, 6) is -1.98. The molecule has 0 saturated carbocycles. The Hall–Kier alpha value is -5.59. The normalized spacial score (nSPS) is 10.5. The largest absolute Gasteiger partial charge is 0.466 e. The Kier molecular flexibility index (Phi) is 12.8. The third-order valence-corrected chi connectivity index (χ3v) is 6.27. The molecule has 3 aromatic carbocycles. The van der Waals surface area contributed by atoms with Gasteiger partial charge in [0.1, 0.15) is 5.69 Å². The summed E-state index contributed by atoms with van der Waals surface area (Å²) in [4.78, 5) is 15.4. The van der Waals surface area contributed by atoms with Crippen LogP contribution in [-0.2, 0) is 26.3 Å². The van der Waals surface area contributed by atoms with E-state index in [1.807, 2.05) is 6.07 Å². The maximum Gasteiger partial charge on any atom is 0.433 e. The van der Waals surface area contributed by atoms with Crippen molar-refractivity contribution >= 4 is 0 Å². The summed E-state index contributed by atoms with van der Waals surface area (Å²) in [5, 5.41) is 7.74. The first-order valence-corrected chi connectivity index (χ1v) is 14.0. The molecule has 50 heavy (non-hydrogen) atoms. The van der Waals surface area contributed by atoms with Crippen LogP contribution < -0.4 is 5.10 Å². The predicted octanol–water partition coefficient (Wildman–Crippen LogP) is 8.63. The van der Waals surface area contributed by atoms with Crippen LogP contribution in [0.1, 0.15) is 5.69 Å². The van der Waals surface area contributed by atoms with Gasteiger partial charge >= 0.3 is 6.18 Å². The Morgan fingerprint density at radius 1 is 0.640 bits per heavy atom. The Balaban J connectivity index is 0.000000172. The van der Waals surface area contributed by atoms with E-state index in [9.17, 15) is 30.7 Å². The molecule has 0 fully saturated rings. The Bertz CT molecular complexity index is 2010. The molecule has 0 aliphatic carbocycles. The Labute approximate surface area is 294 Å². The predicted molar refractivity (Wildman–Crippen MR) is 165 cm³/mol. The minimum atomic E-state index is -4.46. The van der Waals surface area contributed by atoms with Gasteiger partial charge in [0.25, 0.3) is 0 Å². The Morgan fingerprint density at radius 3 is 1.66 bits per heavy atom. The monoisotopic (exact) mass is 861 g/mol. The fourth-order valence-electron chi connectivity index (χ4n) is 4.01. The van der Waals surface area contributed by atoms with E-state index in [-0.39, 0.29) is 37.1 Å². The molecule has 4 aromatic heterocycles. The van der Waals surface area contributed by atoms with Crippen LogP contribution in [0.15, 0.2) is 116 Å². The van der Waals surface area contributed by atoms with Crippen LogP contribution in [0, 0.1) is 41.5 Å². The average Bonchev–Trinajstić information content (AvgIpc) is 3.61. The quantitative estimate of drug-likeness (QED) is 0.130. The maximum absolute atomic E-state index is 13.2. The molecule has 7 aromatic rings. The van der Waals surface area contributed by atoms with Gasteiger partial charge < -0.3 is 20.1 Å². The summed E-state index contributed by atoms with van der Waals surface area (Å²) in [6, 6.07) is 31.3. The van der Waals surface area contributed by atoms with Crippen LogP contribution in [0.2, 0.25) is 0 Å². The van der Waals surface area contributed by atoms with Crippen molar-refractivity contribution in [3.05, 3.63) is 163 Å². The first-order valence-electron chi connectivity index (χ1n) is 14.0. The van der Waals surface area contributed by atoms with Crippen molar-refractivity contribution in [2.24, 2.45) is 0 Å². The van der Waals surface area contributed by atoms with Crippen LogP contribution in [0.5, 0.6) is 0 Å². The molecular weight excluding hydrogens is 842 g/mol. The summed E-state index contributed by atoms with van der Waals surface area (Å²) in [7, 11) is 0. The second-order valence-electron chi connectivity index (χ2n) is 9.68. The zero-order valence-corrected chi connectivity index (χ0v) is 27.5. The summed E-state index contributed by atoms with van der Waals surface area (Å²) in [5.41, 5.74) is 1.35. The number of hydrogen-bond acceptors (Lipinski definition) is 5. The maximum atomic E-state index is 13.2. The van der Waals surface area contributed by atoms with Gasteiger partial charge in [-0.3, -0.25) is 27.6 Å². The molecule has 0 saturated heterocycles. The smallest absolute Gasteiger partial charge is 0.433 e. The minimum absolute atomic E-state index is 0. The molecule has 0 aliphatic rings. The molecule has 0 unspecified atom stereocenters. The zero-order valence-electron chi connectivity index (χ0n) is 25.1. The van der Waals surface area contributed by atoms with Gasteiger partial charge in [0.15, 0.2) is 0 Å². The van der Waals surface area contributed by atoms with E-state index >= 15 is 0 Å². The number of alkyl halides is 3. The van der Waals surface area contributed by atoms with E-state index in [0.717, 1.165) is 36.5 Å². The van der Waals surface area contributed by atoms with Crippen LogP contribution in [-0.4, -0.2) is 25.0 Å². The van der Waals surface area contributed by atoms with Crippen molar-refractivity contribution in [1.29, 1.82) is 0 Å². The van der Waals surface area contributed by atoms with E-state index < -0.39 is 35.1 Å². The number of pyridine rings is 3. The summed E-state index contributed by atoms with van der Waals surface area (Å²) < 4.78 is 88.9. The third kappa shape index (κ3) is 9.97. The van der Waals surface area contributed by atoms with Crippen LogP contribution in [0.3, 0.4) is 0 Å². The standard InChI is InChI=1S/C14H7F3N4.2C11H6F2N.Ir/c15-14(16,17)11-7-6-10(8-18-11)13-19-12(20-21-13)9-4-2-1-3-5-9;2*12-8-4-5-9(10(13)7-8)11-3-1-2-6-14-11;/h1-4,6-8H;2*1-4,6-7H;/q-2;2*-1;. The van der Waals surface area contributed by atoms with E-state index in [4.69, 9.17) is 0 Å². The van der Waals surface area contributed by atoms with E-state index in [1.165, 1.54) is 6.07 Å².